The van der Waals surface area contributed by atoms with Gasteiger partial charge >= 0.3 is 5.97 Å². The number of hydrogen-bond donors (Lipinski definition) is 1. The Kier molecular flexibility index (Phi) is 6.28. The number of carboxylic acid groups (broad SMARTS) is 1. The van der Waals surface area contributed by atoms with Crippen LogP contribution in [0.1, 0.15) is 31.5 Å². The van der Waals surface area contributed by atoms with Gasteiger partial charge in [-0.3, -0.25) is 9.48 Å². The maximum atomic E-state index is 11.4. The van der Waals surface area contributed by atoms with Crippen molar-refractivity contribution >= 4 is 17.6 Å². The lowest BCUT2D eigenvalue weighted by atomic mass is 9.87. The molecule has 3 rings (SSSR count). The van der Waals surface area contributed by atoms with E-state index in [0.29, 0.717) is 24.4 Å². The molecule has 0 unspecified atom stereocenters. The summed E-state index contributed by atoms with van der Waals surface area (Å²) >= 11 is 6.36. The van der Waals surface area contributed by atoms with Gasteiger partial charge in [-0.15, -0.1) is 0 Å². The summed E-state index contributed by atoms with van der Waals surface area (Å²) in [5.41, 5.74) is 2.94. The fraction of sp³-hybridized carbons (Fsp3) is 0.304. The van der Waals surface area contributed by atoms with Crippen molar-refractivity contribution in [2.24, 2.45) is 5.41 Å². The summed E-state index contributed by atoms with van der Waals surface area (Å²) in [6, 6.07) is 17.5. The van der Waals surface area contributed by atoms with Gasteiger partial charge in [0.1, 0.15) is 5.75 Å². The Bertz CT molecular complexity index is 1010. The molecule has 1 heterocycles. The number of aliphatic carboxylic acids is 1. The van der Waals surface area contributed by atoms with E-state index in [-0.39, 0.29) is 0 Å². The SMILES string of the molecule is COc1cccc(-c2cc(CCC(C)(C)C(=O)O)nn2Cc2ccccc2Cl)c1. The fourth-order valence-electron chi connectivity index (χ4n) is 3.06. The number of nitrogens with zero attached hydrogens (tertiary/aromatic N) is 2. The molecule has 29 heavy (non-hydrogen) atoms. The highest BCUT2D eigenvalue weighted by Crippen LogP contribution is 2.29. The van der Waals surface area contributed by atoms with E-state index in [1.807, 2.05) is 59.3 Å². The number of aromatic nitrogens is 2. The molecule has 152 valence electrons. The van der Waals surface area contributed by atoms with Gasteiger partial charge in [0.05, 0.1) is 30.5 Å². The first kappa shape index (κ1) is 20.9. The van der Waals surface area contributed by atoms with Crippen molar-refractivity contribution < 1.29 is 14.6 Å². The maximum absolute atomic E-state index is 11.4. The zero-order valence-corrected chi connectivity index (χ0v) is 17.6. The first-order valence-electron chi connectivity index (χ1n) is 9.48. The lowest BCUT2D eigenvalue weighted by molar-refractivity contribution is -0.147. The number of rotatable bonds is 8. The van der Waals surface area contributed by atoms with Gasteiger partial charge in [0.2, 0.25) is 0 Å². The molecule has 0 saturated carbocycles. The number of ether oxygens (including phenoxy) is 1. The molecule has 3 aromatic rings. The van der Waals surface area contributed by atoms with E-state index in [0.717, 1.165) is 28.3 Å². The predicted octanol–water partition coefficient (Wildman–Crippen LogP) is 5.30. The van der Waals surface area contributed by atoms with Gasteiger partial charge in [-0.25, -0.2) is 0 Å². The lowest BCUT2D eigenvalue weighted by Gasteiger charge is -2.17. The number of hydrogen-bond acceptors (Lipinski definition) is 3. The van der Waals surface area contributed by atoms with E-state index in [9.17, 15) is 9.90 Å². The Labute approximate surface area is 175 Å². The lowest BCUT2D eigenvalue weighted by Crippen LogP contribution is -2.24. The highest BCUT2D eigenvalue weighted by Gasteiger charge is 2.27. The third kappa shape index (κ3) is 4.98. The van der Waals surface area contributed by atoms with Gasteiger partial charge in [-0.2, -0.15) is 5.10 Å². The van der Waals surface area contributed by atoms with E-state index in [1.54, 1.807) is 21.0 Å². The van der Waals surface area contributed by atoms with Crippen LogP contribution in [-0.4, -0.2) is 28.0 Å². The minimum atomic E-state index is -0.805. The second-order valence-corrected chi connectivity index (χ2v) is 8.10. The zero-order chi connectivity index (χ0) is 21.0. The number of aryl methyl sites for hydroxylation is 1. The van der Waals surface area contributed by atoms with Crippen molar-refractivity contribution in [2.75, 3.05) is 7.11 Å². The summed E-state index contributed by atoms with van der Waals surface area (Å²) in [6.07, 6.45) is 1.08. The quantitative estimate of drug-likeness (QED) is 0.545. The van der Waals surface area contributed by atoms with E-state index >= 15 is 0 Å². The van der Waals surface area contributed by atoms with Crippen LogP contribution in [0.2, 0.25) is 5.02 Å². The zero-order valence-electron chi connectivity index (χ0n) is 16.9. The van der Waals surface area contributed by atoms with Gasteiger partial charge < -0.3 is 9.84 Å². The topological polar surface area (TPSA) is 64.3 Å². The number of halogens is 1. The minimum Gasteiger partial charge on any atom is -0.497 e. The second-order valence-electron chi connectivity index (χ2n) is 7.69. The summed E-state index contributed by atoms with van der Waals surface area (Å²) in [4.78, 5) is 11.4. The largest absolute Gasteiger partial charge is 0.497 e. The monoisotopic (exact) mass is 412 g/mol. The molecule has 1 N–H and O–H groups in total. The van der Waals surface area contributed by atoms with Gasteiger partial charge in [-0.05, 0) is 56.5 Å². The van der Waals surface area contributed by atoms with Crippen LogP contribution in [0.5, 0.6) is 5.75 Å². The summed E-state index contributed by atoms with van der Waals surface area (Å²) in [6.45, 7) is 3.99. The molecule has 5 nitrogen and oxygen atoms in total. The Morgan fingerprint density at radius 3 is 2.62 bits per heavy atom. The first-order chi connectivity index (χ1) is 13.8. The third-order valence-corrected chi connectivity index (χ3v) is 5.43. The molecule has 1 aromatic heterocycles. The summed E-state index contributed by atoms with van der Waals surface area (Å²) in [7, 11) is 1.64. The molecule has 0 saturated heterocycles. The Hall–Kier alpha value is -2.79. The summed E-state index contributed by atoms with van der Waals surface area (Å²) in [5, 5.41) is 14.8. The average molecular weight is 413 g/mol. The molecular weight excluding hydrogens is 388 g/mol. The highest BCUT2D eigenvalue weighted by molar-refractivity contribution is 6.31. The van der Waals surface area contributed by atoms with Crippen LogP contribution in [0.3, 0.4) is 0 Å². The first-order valence-corrected chi connectivity index (χ1v) is 9.86. The normalized spacial score (nSPS) is 11.4. The predicted molar refractivity (Wildman–Crippen MR) is 115 cm³/mol. The molecule has 0 aliphatic heterocycles. The molecule has 0 spiro atoms. The van der Waals surface area contributed by atoms with E-state index in [1.165, 1.54) is 0 Å². The molecule has 0 radical (unpaired) electrons. The van der Waals surface area contributed by atoms with E-state index in [4.69, 9.17) is 21.4 Å². The molecule has 0 aliphatic carbocycles. The van der Waals surface area contributed by atoms with Crippen molar-refractivity contribution in [2.45, 2.75) is 33.2 Å². The van der Waals surface area contributed by atoms with Gasteiger partial charge in [-0.1, -0.05) is 41.9 Å². The number of carboxylic acids is 1. The van der Waals surface area contributed by atoms with Crippen molar-refractivity contribution in [3.05, 3.63) is 70.9 Å². The minimum absolute atomic E-state index is 0.503. The summed E-state index contributed by atoms with van der Waals surface area (Å²) < 4.78 is 7.28. The average Bonchev–Trinajstić information content (AvgIpc) is 3.11. The van der Waals surface area contributed by atoms with Gasteiger partial charge in [0.25, 0.3) is 0 Å². The third-order valence-electron chi connectivity index (χ3n) is 5.06. The smallest absolute Gasteiger partial charge is 0.309 e. The standard InChI is InChI=1S/C23H25ClN2O3/c1-23(2,22(27)28)12-11-18-14-21(16-8-6-9-19(13-16)29-3)26(25-18)15-17-7-4-5-10-20(17)24/h4-10,13-14H,11-12,15H2,1-3H3,(H,27,28). The van der Waals surface area contributed by atoms with Crippen LogP contribution >= 0.6 is 11.6 Å². The van der Waals surface area contributed by atoms with Crippen LogP contribution in [-0.2, 0) is 17.8 Å². The molecule has 0 atom stereocenters. The second kappa shape index (κ2) is 8.70. The van der Waals surface area contributed by atoms with Crippen LogP contribution < -0.4 is 4.74 Å². The van der Waals surface area contributed by atoms with Crippen LogP contribution in [0.15, 0.2) is 54.6 Å². The Morgan fingerprint density at radius 1 is 1.17 bits per heavy atom. The van der Waals surface area contributed by atoms with Crippen molar-refractivity contribution in [1.29, 1.82) is 0 Å². The molecule has 6 heteroatoms. The molecule has 2 aromatic carbocycles. The number of carbonyl (C=O) groups is 1. The molecule has 0 amide bonds. The molecule has 0 aliphatic rings. The Morgan fingerprint density at radius 2 is 1.93 bits per heavy atom. The maximum Gasteiger partial charge on any atom is 0.309 e. The van der Waals surface area contributed by atoms with Gasteiger partial charge in [0, 0.05) is 10.6 Å². The van der Waals surface area contributed by atoms with Crippen molar-refractivity contribution in [1.82, 2.24) is 9.78 Å². The number of benzene rings is 2. The van der Waals surface area contributed by atoms with Crippen LogP contribution in [0.25, 0.3) is 11.3 Å². The van der Waals surface area contributed by atoms with E-state index < -0.39 is 11.4 Å². The fourth-order valence-corrected chi connectivity index (χ4v) is 3.26. The van der Waals surface area contributed by atoms with Gasteiger partial charge in [0.15, 0.2) is 0 Å². The molecule has 0 bridgehead atoms. The number of methoxy groups -OCH3 is 1. The van der Waals surface area contributed by atoms with E-state index in [2.05, 4.69) is 0 Å². The highest BCUT2D eigenvalue weighted by atomic mass is 35.5. The van der Waals surface area contributed by atoms with Crippen LogP contribution in [0.4, 0.5) is 0 Å². The molecular formula is C23H25ClN2O3. The van der Waals surface area contributed by atoms with Crippen molar-refractivity contribution in [3.63, 3.8) is 0 Å². The summed E-state index contributed by atoms with van der Waals surface area (Å²) in [5.74, 6) is -0.0393. The Balaban J connectivity index is 1.96. The van der Waals surface area contributed by atoms with Crippen molar-refractivity contribution in [3.8, 4) is 17.0 Å². The van der Waals surface area contributed by atoms with Crippen LogP contribution in [0, 0.1) is 5.41 Å². The molecule has 0 fully saturated rings.